The molecular formula is C20H26O2. The molecule has 2 nitrogen and oxygen atoms in total. The second kappa shape index (κ2) is 7.08. The summed E-state index contributed by atoms with van der Waals surface area (Å²) >= 11 is 0. The zero-order valence-electron chi connectivity index (χ0n) is 14.5. The van der Waals surface area contributed by atoms with Gasteiger partial charge in [0, 0.05) is 0 Å². The second-order valence-electron chi connectivity index (χ2n) is 6.28. The SMILES string of the molecule is Cc1cc(C)c(COOCc2c(C)cc(C)cc2C)c(C)c1. The van der Waals surface area contributed by atoms with E-state index in [1.807, 2.05) is 0 Å². The van der Waals surface area contributed by atoms with Gasteiger partial charge in [-0.15, -0.1) is 0 Å². The summed E-state index contributed by atoms with van der Waals surface area (Å²) in [5, 5.41) is 0. The molecule has 0 saturated heterocycles. The van der Waals surface area contributed by atoms with Gasteiger partial charge in [0.15, 0.2) is 0 Å². The van der Waals surface area contributed by atoms with E-state index in [-0.39, 0.29) is 0 Å². The van der Waals surface area contributed by atoms with Crippen LogP contribution in [-0.4, -0.2) is 0 Å². The van der Waals surface area contributed by atoms with Crippen LogP contribution in [0.4, 0.5) is 0 Å². The molecule has 0 spiro atoms. The van der Waals surface area contributed by atoms with E-state index in [2.05, 4.69) is 65.8 Å². The van der Waals surface area contributed by atoms with Crippen molar-refractivity contribution in [2.24, 2.45) is 0 Å². The fourth-order valence-corrected chi connectivity index (χ4v) is 3.08. The average Bonchev–Trinajstić information content (AvgIpc) is 2.38. The van der Waals surface area contributed by atoms with Gasteiger partial charge in [-0.25, -0.2) is 9.78 Å². The minimum Gasteiger partial charge on any atom is -0.232 e. The van der Waals surface area contributed by atoms with Crippen LogP contribution in [0.15, 0.2) is 24.3 Å². The Balaban J connectivity index is 1.96. The van der Waals surface area contributed by atoms with Crippen molar-refractivity contribution < 1.29 is 9.78 Å². The summed E-state index contributed by atoms with van der Waals surface area (Å²) in [6.07, 6.45) is 0. The Morgan fingerprint density at radius 3 is 1.09 bits per heavy atom. The fourth-order valence-electron chi connectivity index (χ4n) is 3.08. The van der Waals surface area contributed by atoms with Crippen molar-refractivity contribution in [2.45, 2.75) is 54.8 Å². The Labute approximate surface area is 134 Å². The van der Waals surface area contributed by atoms with Gasteiger partial charge in [-0.05, 0) is 74.9 Å². The third-order valence-electron chi connectivity index (χ3n) is 4.17. The summed E-state index contributed by atoms with van der Waals surface area (Å²) in [7, 11) is 0. The first-order valence-electron chi connectivity index (χ1n) is 7.76. The topological polar surface area (TPSA) is 18.5 Å². The van der Waals surface area contributed by atoms with Gasteiger partial charge in [-0.2, -0.15) is 0 Å². The smallest absolute Gasteiger partial charge is 0.108 e. The molecule has 2 heteroatoms. The molecule has 0 N–H and O–H groups in total. The molecule has 2 aromatic rings. The van der Waals surface area contributed by atoms with Crippen LogP contribution in [0, 0.1) is 41.5 Å². The van der Waals surface area contributed by atoms with E-state index in [0.29, 0.717) is 13.2 Å². The van der Waals surface area contributed by atoms with Gasteiger partial charge in [-0.3, -0.25) is 0 Å². The van der Waals surface area contributed by atoms with Crippen LogP contribution in [0.25, 0.3) is 0 Å². The van der Waals surface area contributed by atoms with Gasteiger partial charge < -0.3 is 0 Å². The minimum atomic E-state index is 0.488. The summed E-state index contributed by atoms with van der Waals surface area (Å²) < 4.78 is 0. The van der Waals surface area contributed by atoms with Crippen molar-refractivity contribution >= 4 is 0 Å². The molecule has 0 amide bonds. The zero-order chi connectivity index (χ0) is 16.3. The Morgan fingerprint density at radius 1 is 0.545 bits per heavy atom. The molecule has 2 aromatic carbocycles. The molecule has 0 unspecified atom stereocenters. The maximum atomic E-state index is 5.47. The molecule has 0 saturated carbocycles. The monoisotopic (exact) mass is 298 g/mol. The van der Waals surface area contributed by atoms with Crippen molar-refractivity contribution in [1.82, 2.24) is 0 Å². The van der Waals surface area contributed by atoms with E-state index >= 15 is 0 Å². The van der Waals surface area contributed by atoms with Crippen molar-refractivity contribution in [1.29, 1.82) is 0 Å². The molecule has 22 heavy (non-hydrogen) atoms. The van der Waals surface area contributed by atoms with Gasteiger partial charge in [-0.1, -0.05) is 35.4 Å². The van der Waals surface area contributed by atoms with E-state index in [9.17, 15) is 0 Å². The molecular weight excluding hydrogens is 272 g/mol. The molecule has 0 aliphatic rings. The minimum absolute atomic E-state index is 0.488. The predicted octanol–water partition coefficient (Wildman–Crippen LogP) is 5.19. The maximum Gasteiger partial charge on any atom is 0.108 e. The zero-order valence-corrected chi connectivity index (χ0v) is 14.5. The Kier molecular flexibility index (Phi) is 5.38. The van der Waals surface area contributed by atoms with E-state index in [1.165, 1.54) is 44.5 Å². The molecule has 0 bridgehead atoms. The van der Waals surface area contributed by atoms with Crippen LogP contribution in [0.3, 0.4) is 0 Å². The number of aryl methyl sites for hydroxylation is 6. The fraction of sp³-hybridized carbons (Fsp3) is 0.400. The lowest BCUT2D eigenvalue weighted by Gasteiger charge is -2.13. The summed E-state index contributed by atoms with van der Waals surface area (Å²) in [6.45, 7) is 13.7. The molecule has 0 fully saturated rings. The van der Waals surface area contributed by atoms with Crippen LogP contribution in [0.1, 0.15) is 44.5 Å². The first kappa shape index (κ1) is 16.7. The van der Waals surface area contributed by atoms with Crippen molar-refractivity contribution in [2.75, 3.05) is 0 Å². The first-order chi connectivity index (χ1) is 10.4. The lowest BCUT2D eigenvalue weighted by Crippen LogP contribution is -2.03. The van der Waals surface area contributed by atoms with E-state index in [0.717, 1.165) is 0 Å². The van der Waals surface area contributed by atoms with E-state index in [1.54, 1.807) is 0 Å². The maximum absolute atomic E-state index is 5.47. The van der Waals surface area contributed by atoms with Gasteiger partial charge in [0.2, 0.25) is 0 Å². The number of hydrogen-bond acceptors (Lipinski definition) is 2. The molecule has 0 aliphatic heterocycles. The summed E-state index contributed by atoms with van der Waals surface area (Å²) in [4.78, 5) is 10.9. The third-order valence-corrected chi connectivity index (χ3v) is 4.17. The molecule has 0 radical (unpaired) electrons. The summed E-state index contributed by atoms with van der Waals surface area (Å²) in [5.41, 5.74) is 10.0. The standard InChI is InChI=1S/C20H26O2/c1-13-7-15(3)19(16(4)8-13)11-21-22-12-20-17(5)9-14(2)10-18(20)6/h7-10H,11-12H2,1-6H3. The van der Waals surface area contributed by atoms with Gasteiger partial charge in [0.05, 0.1) is 0 Å². The predicted molar refractivity (Wildman–Crippen MR) is 90.9 cm³/mol. The van der Waals surface area contributed by atoms with E-state index < -0.39 is 0 Å². The van der Waals surface area contributed by atoms with Gasteiger partial charge in [0.1, 0.15) is 13.2 Å². The average molecular weight is 298 g/mol. The molecule has 0 aliphatic carbocycles. The summed E-state index contributed by atoms with van der Waals surface area (Å²) in [5.74, 6) is 0. The summed E-state index contributed by atoms with van der Waals surface area (Å²) in [6, 6.07) is 8.72. The first-order valence-corrected chi connectivity index (χ1v) is 7.76. The third kappa shape index (κ3) is 3.96. The van der Waals surface area contributed by atoms with E-state index in [4.69, 9.17) is 9.78 Å². The van der Waals surface area contributed by atoms with Crippen LogP contribution >= 0.6 is 0 Å². The molecule has 0 heterocycles. The largest absolute Gasteiger partial charge is 0.232 e. The van der Waals surface area contributed by atoms with Crippen molar-refractivity contribution in [3.05, 3.63) is 68.8 Å². The van der Waals surface area contributed by atoms with Crippen molar-refractivity contribution in [3.63, 3.8) is 0 Å². The highest BCUT2D eigenvalue weighted by Crippen LogP contribution is 2.19. The molecule has 118 valence electrons. The normalized spacial score (nSPS) is 11.0. The van der Waals surface area contributed by atoms with Crippen molar-refractivity contribution in [3.8, 4) is 0 Å². The highest BCUT2D eigenvalue weighted by Gasteiger charge is 2.07. The van der Waals surface area contributed by atoms with Crippen LogP contribution in [0.2, 0.25) is 0 Å². The molecule has 0 aromatic heterocycles. The number of benzene rings is 2. The highest BCUT2D eigenvalue weighted by molar-refractivity contribution is 5.37. The number of rotatable bonds is 5. The Morgan fingerprint density at radius 2 is 0.818 bits per heavy atom. The molecule has 0 atom stereocenters. The van der Waals surface area contributed by atoms with Gasteiger partial charge >= 0.3 is 0 Å². The van der Waals surface area contributed by atoms with Gasteiger partial charge in [0.25, 0.3) is 0 Å². The van der Waals surface area contributed by atoms with Crippen LogP contribution in [0.5, 0.6) is 0 Å². The lowest BCUT2D eigenvalue weighted by molar-refractivity contribution is -0.313. The molecule has 2 rings (SSSR count). The Bertz CT molecular complexity index is 566. The lowest BCUT2D eigenvalue weighted by atomic mass is 10.0. The Hall–Kier alpha value is -1.64. The highest BCUT2D eigenvalue weighted by atomic mass is 17.2. The van der Waals surface area contributed by atoms with Crippen LogP contribution in [-0.2, 0) is 23.0 Å². The second-order valence-corrected chi connectivity index (χ2v) is 6.28. The quantitative estimate of drug-likeness (QED) is 0.430. The number of hydrogen-bond donors (Lipinski definition) is 0. The van der Waals surface area contributed by atoms with Crippen LogP contribution < -0.4 is 0 Å².